The first-order valence-electron chi connectivity index (χ1n) is 5.61. The van der Waals surface area contributed by atoms with Crippen LogP contribution < -0.4 is 0 Å². The molecular weight excluding hydrogens is 230 g/mol. The molecule has 1 aliphatic heterocycles. The molecule has 0 amide bonds. The van der Waals surface area contributed by atoms with Gasteiger partial charge in [0.25, 0.3) is 0 Å². The lowest BCUT2D eigenvalue weighted by Crippen LogP contribution is -2.38. The Morgan fingerprint density at radius 3 is 2.62 bits per heavy atom. The van der Waals surface area contributed by atoms with Crippen molar-refractivity contribution in [3.63, 3.8) is 0 Å². The molecule has 16 heavy (non-hydrogen) atoms. The number of carboxylic acids is 1. The monoisotopic (exact) mass is 249 g/mol. The third-order valence-corrected chi connectivity index (χ3v) is 4.70. The Labute approximate surface area is 96.4 Å². The van der Waals surface area contributed by atoms with Crippen molar-refractivity contribution in [1.29, 1.82) is 0 Å². The summed E-state index contributed by atoms with van der Waals surface area (Å²) < 4.78 is 22.8. The third-order valence-electron chi connectivity index (χ3n) is 2.99. The van der Waals surface area contributed by atoms with Gasteiger partial charge in [-0.3, -0.25) is 9.69 Å². The Bertz CT molecular complexity index is 339. The van der Waals surface area contributed by atoms with E-state index in [2.05, 4.69) is 0 Å². The fourth-order valence-corrected chi connectivity index (χ4v) is 3.34. The van der Waals surface area contributed by atoms with Crippen LogP contribution in [0.2, 0.25) is 0 Å². The van der Waals surface area contributed by atoms with Gasteiger partial charge in [0.15, 0.2) is 9.84 Å². The van der Waals surface area contributed by atoms with Crippen molar-refractivity contribution in [3.8, 4) is 0 Å². The number of sulfone groups is 1. The smallest absolute Gasteiger partial charge is 0.304 e. The van der Waals surface area contributed by atoms with E-state index in [1.165, 1.54) is 0 Å². The highest BCUT2D eigenvalue weighted by atomic mass is 32.2. The van der Waals surface area contributed by atoms with E-state index in [0.717, 1.165) is 6.42 Å². The molecule has 0 aromatic carbocycles. The SMILES string of the molecule is CCC(CC(=O)O)N1CCCS(=O)(=O)CC1. The van der Waals surface area contributed by atoms with E-state index in [1.54, 1.807) is 0 Å². The van der Waals surface area contributed by atoms with Gasteiger partial charge in [-0.1, -0.05) is 6.92 Å². The molecule has 1 unspecified atom stereocenters. The minimum absolute atomic E-state index is 0.0363. The van der Waals surface area contributed by atoms with E-state index < -0.39 is 15.8 Å². The summed E-state index contributed by atoms with van der Waals surface area (Å²) in [5.41, 5.74) is 0. The van der Waals surface area contributed by atoms with Gasteiger partial charge in [-0.15, -0.1) is 0 Å². The molecular formula is C10H19NO4S. The van der Waals surface area contributed by atoms with Gasteiger partial charge in [-0.25, -0.2) is 8.42 Å². The van der Waals surface area contributed by atoms with Gasteiger partial charge in [-0.05, 0) is 19.4 Å². The summed E-state index contributed by atoms with van der Waals surface area (Å²) >= 11 is 0. The van der Waals surface area contributed by atoms with E-state index in [0.29, 0.717) is 19.5 Å². The summed E-state index contributed by atoms with van der Waals surface area (Å²) in [6.45, 7) is 3.09. The van der Waals surface area contributed by atoms with Crippen molar-refractivity contribution in [1.82, 2.24) is 4.90 Å². The summed E-state index contributed by atoms with van der Waals surface area (Å²) in [4.78, 5) is 12.7. The maximum Gasteiger partial charge on any atom is 0.304 e. The van der Waals surface area contributed by atoms with Crippen molar-refractivity contribution in [2.45, 2.75) is 32.2 Å². The van der Waals surface area contributed by atoms with Crippen LogP contribution in [-0.4, -0.2) is 55.0 Å². The first kappa shape index (κ1) is 13.4. The van der Waals surface area contributed by atoms with Crippen molar-refractivity contribution >= 4 is 15.8 Å². The largest absolute Gasteiger partial charge is 0.481 e. The predicted octanol–water partition coefficient (Wildman–Crippen LogP) is 0.360. The zero-order valence-corrected chi connectivity index (χ0v) is 10.4. The first-order valence-corrected chi connectivity index (χ1v) is 7.43. The van der Waals surface area contributed by atoms with Crippen LogP contribution in [0.1, 0.15) is 26.2 Å². The van der Waals surface area contributed by atoms with E-state index in [9.17, 15) is 13.2 Å². The Morgan fingerprint density at radius 1 is 1.38 bits per heavy atom. The van der Waals surface area contributed by atoms with E-state index in [4.69, 9.17) is 5.11 Å². The zero-order valence-electron chi connectivity index (χ0n) is 9.55. The predicted molar refractivity (Wildman–Crippen MR) is 61.2 cm³/mol. The minimum atomic E-state index is -2.91. The number of carboxylic acid groups (broad SMARTS) is 1. The molecule has 0 bridgehead atoms. The average Bonchev–Trinajstić information content (AvgIpc) is 2.35. The van der Waals surface area contributed by atoms with Crippen LogP contribution >= 0.6 is 0 Å². The number of carbonyl (C=O) groups is 1. The summed E-state index contributed by atoms with van der Waals surface area (Å²) in [7, 11) is -2.91. The van der Waals surface area contributed by atoms with Crippen molar-refractivity contribution in [2.75, 3.05) is 24.6 Å². The van der Waals surface area contributed by atoms with E-state index >= 15 is 0 Å². The summed E-state index contributed by atoms with van der Waals surface area (Å²) in [6.07, 6.45) is 1.45. The number of aliphatic carboxylic acids is 1. The fraction of sp³-hybridized carbons (Fsp3) is 0.900. The third kappa shape index (κ3) is 4.09. The molecule has 0 aromatic rings. The Kier molecular flexibility index (Phi) is 4.73. The topological polar surface area (TPSA) is 74.7 Å². The van der Waals surface area contributed by atoms with Crippen LogP contribution in [0.3, 0.4) is 0 Å². The number of rotatable bonds is 4. The molecule has 6 heteroatoms. The molecule has 1 fully saturated rings. The lowest BCUT2D eigenvalue weighted by molar-refractivity contribution is -0.138. The molecule has 1 atom stereocenters. The van der Waals surface area contributed by atoms with E-state index in [-0.39, 0.29) is 24.0 Å². The lowest BCUT2D eigenvalue weighted by Gasteiger charge is -2.28. The number of nitrogens with zero attached hydrogens (tertiary/aromatic N) is 1. The number of hydrogen-bond acceptors (Lipinski definition) is 4. The van der Waals surface area contributed by atoms with Crippen LogP contribution in [0, 0.1) is 0 Å². The maximum absolute atomic E-state index is 11.4. The maximum atomic E-state index is 11.4. The van der Waals surface area contributed by atoms with Gasteiger partial charge in [-0.2, -0.15) is 0 Å². The molecule has 1 rings (SSSR count). The number of hydrogen-bond donors (Lipinski definition) is 1. The van der Waals surface area contributed by atoms with Crippen molar-refractivity contribution < 1.29 is 18.3 Å². The Hall–Kier alpha value is -0.620. The van der Waals surface area contributed by atoms with Crippen LogP contribution in [0.5, 0.6) is 0 Å². The van der Waals surface area contributed by atoms with Gasteiger partial charge in [0.05, 0.1) is 17.9 Å². The van der Waals surface area contributed by atoms with Gasteiger partial charge in [0.1, 0.15) is 0 Å². The second kappa shape index (κ2) is 5.63. The summed E-state index contributed by atoms with van der Waals surface area (Å²) in [5, 5.41) is 8.77. The zero-order chi connectivity index (χ0) is 12.2. The van der Waals surface area contributed by atoms with E-state index in [1.807, 2.05) is 11.8 Å². The first-order chi connectivity index (χ1) is 7.44. The van der Waals surface area contributed by atoms with Gasteiger partial charge in [0.2, 0.25) is 0 Å². The Balaban J connectivity index is 2.61. The molecule has 1 saturated heterocycles. The molecule has 1 heterocycles. The van der Waals surface area contributed by atoms with Crippen molar-refractivity contribution in [2.24, 2.45) is 0 Å². The van der Waals surface area contributed by atoms with Gasteiger partial charge < -0.3 is 5.11 Å². The quantitative estimate of drug-likeness (QED) is 0.778. The minimum Gasteiger partial charge on any atom is -0.481 e. The lowest BCUT2D eigenvalue weighted by atomic mass is 10.1. The molecule has 0 spiro atoms. The normalized spacial score (nSPS) is 23.6. The Morgan fingerprint density at radius 2 is 2.06 bits per heavy atom. The molecule has 0 radical (unpaired) electrons. The van der Waals surface area contributed by atoms with Gasteiger partial charge >= 0.3 is 5.97 Å². The van der Waals surface area contributed by atoms with Crippen LogP contribution in [0.25, 0.3) is 0 Å². The van der Waals surface area contributed by atoms with Crippen molar-refractivity contribution in [3.05, 3.63) is 0 Å². The molecule has 0 aromatic heterocycles. The fourth-order valence-electron chi connectivity index (χ4n) is 2.06. The molecule has 5 nitrogen and oxygen atoms in total. The average molecular weight is 249 g/mol. The van der Waals surface area contributed by atoms with Crippen LogP contribution in [0.4, 0.5) is 0 Å². The van der Waals surface area contributed by atoms with Gasteiger partial charge in [0, 0.05) is 12.6 Å². The van der Waals surface area contributed by atoms with Crippen LogP contribution in [-0.2, 0) is 14.6 Å². The highest BCUT2D eigenvalue weighted by molar-refractivity contribution is 7.91. The molecule has 0 saturated carbocycles. The highest BCUT2D eigenvalue weighted by Gasteiger charge is 2.25. The van der Waals surface area contributed by atoms with Crippen LogP contribution in [0.15, 0.2) is 0 Å². The highest BCUT2D eigenvalue weighted by Crippen LogP contribution is 2.13. The molecule has 94 valence electrons. The molecule has 1 N–H and O–H groups in total. The second-order valence-electron chi connectivity index (χ2n) is 4.20. The summed E-state index contributed by atoms with van der Waals surface area (Å²) in [6, 6.07) is -0.0363. The molecule has 1 aliphatic rings. The standard InChI is InChI=1S/C10H19NO4S/c1-2-9(8-10(12)13)11-4-3-6-16(14,15)7-5-11/h9H,2-8H2,1H3,(H,12,13). The molecule has 0 aliphatic carbocycles. The second-order valence-corrected chi connectivity index (χ2v) is 6.50. The summed E-state index contributed by atoms with van der Waals surface area (Å²) in [5.74, 6) is -0.435.